The number of hydrogen-bond donors (Lipinski definition) is 1. The first-order chi connectivity index (χ1) is 12.0. The van der Waals surface area contributed by atoms with Gasteiger partial charge in [-0.25, -0.2) is 0 Å². The number of ketones is 1. The van der Waals surface area contributed by atoms with Crippen LogP contribution in [-0.2, 0) is 11.2 Å². The molecule has 1 N–H and O–H groups in total. The number of benzene rings is 2. The normalized spacial score (nSPS) is 17.1. The maximum atomic E-state index is 12.3. The van der Waals surface area contributed by atoms with E-state index in [1.54, 1.807) is 18.2 Å². The Morgan fingerprint density at radius 2 is 1.84 bits per heavy atom. The number of rotatable bonds is 5. The quantitative estimate of drug-likeness (QED) is 0.658. The highest BCUT2D eigenvalue weighted by Crippen LogP contribution is 2.23. The number of hydrogen-bond acceptors (Lipinski definition) is 4. The first kappa shape index (κ1) is 17.2. The molecule has 0 saturated carbocycles. The van der Waals surface area contributed by atoms with Crippen LogP contribution < -0.4 is 5.32 Å². The van der Waals surface area contributed by atoms with E-state index < -0.39 is 5.25 Å². The molecule has 1 aliphatic heterocycles. The summed E-state index contributed by atoms with van der Waals surface area (Å²) in [7, 11) is 0. The van der Waals surface area contributed by atoms with Crippen LogP contribution in [0.4, 0.5) is 4.79 Å². The Bertz CT molecular complexity index is 855. The van der Waals surface area contributed by atoms with Crippen LogP contribution in [0.3, 0.4) is 0 Å². The molecule has 1 unspecified atom stereocenters. The van der Waals surface area contributed by atoms with Crippen molar-refractivity contribution < 1.29 is 14.4 Å². The standard InChI is InChI=1S/C20H17NO3S/c1-13-4-2-3-5-15(13)10-11-17(22)16-8-6-14(7-9-16)12-18-19(23)21-20(24)25-18/h2-11,18H,12H2,1H3,(H,21,23,24)/b11-10+. The van der Waals surface area contributed by atoms with Crippen molar-refractivity contribution in [1.29, 1.82) is 0 Å². The maximum absolute atomic E-state index is 12.3. The van der Waals surface area contributed by atoms with Gasteiger partial charge < -0.3 is 0 Å². The second kappa shape index (κ2) is 7.49. The SMILES string of the molecule is Cc1ccccc1/C=C/C(=O)c1ccc(CC2SC(=O)NC2=O)cc1. The summed E-state index contributed by atoms with van der Waals surface area (Å²) in [5.74, 6) is -0.325. The molecular weight excluding hydrogens is 334 g/mol. The molecule has 2 aromatic rings. The van der Waals surface area contributed by atoms with E-state index in [1.165, 1.54) is 0 Å². The summed E-state index contributed by atoms with van der Waals surface area (Å²) in [6.45, 7) is 2.00. The topological polar surface area (TPSA) is 63.2 Å². The summed E-state index contributed by atoms with van der Waals surface area (Å²) in [6, 6.07) is 15.0. The second-order valence-corrected chi connectivity index (χ2v) is 7.01. The van der Waals surface area contributed by atoms with Gasteiger partial charge >= 0.3 is 0 Å². The van der Waals surface area contributed by atoms with Gasteiger partial charge in [-0.2, -0.15) is 0 Å². The lowest BCUT2D eigenvalue weighted by molar-refractivity contribution is -0.118. The Balaban J connectivity index is 1.66. The highest BCUT2D eigenvalue weighted by Gasteiger charge is 2.31. The minimum Gasteiger partial charge on any atom is -0.289 e. The molecule has 1 aliphatic rings. The van der Waals surface area contributed by atoms with Crippen molar-refractivity contribution in [2.45, 2.75) is 18.6 Å². The summed E-state index contributed by atoms with van der Waals surface area (Å²) in [6.07, 6.45) is 3.85. The summed E-state index contributed by atoms with van der Waals surface area (Å²) < 4.78 is 0. The summed E-state index contributed by atoms with van der Waals surface area (Å²) in [5.41, 5.74) is 3.64. The number of nitrogens with one attached hydrogen (secondary N) is 1. The minimum atomic E-state index is -0.394. The molecule has 2 amide bonds. The molecule has 2 aromatic carbocycles. The molecule has 1 saturated heterocycles. The second-order valence-electron chi connectivity index (χ2n) is 5.84. The summed E-state index contributed by atoms with van der Waals surface area (Å²) >= 11 is 1.01. The zero-order valence-corrected chi connectivity index (χ0v) is 14.5. The van der Waals surface area contributed by atoms with E-state index in [9.17, 15) is 14.4 Å². The van der Waals surface area contributed by atoms with Crippen LogP contribution in [0.15, 0.2) is 54.6 Å². The molecule has 126 valence electrons. The predicted octanol–water partition coefficient (Wildman–Crippen LogP) is 3.79. The lowest BCUT2D eigenvalue weighted by Gasteiger charge is -2.06. The molecule has 0 spiro atoms. The molecule has 1 heterocycles. The Morgan fingerprint density at radius 1 is 1.12 bits per heavy atom. The summed E-state index contributed by atoms with van der Waals surface area (Å²) in [5, 5.41) is 1.58. The lowest BCUT2D eigenvalue weighted by Crippen LogP contribution is -2.25. The minimum absolute atomic E-state index is 0.0713. The molecule has 0 radical (unpaired) electrons. The average molecular weight is 351 g/mol. The molecule has 4 nitrogen and oxygen atoms in total. The highest BCUT2D eigenvalue weighted by atomic mass is 32.2. The Morgan fingerprint density at radius 3 is 2.48 bits per heavy atom. The number of amides is 2. The monoisotopic (exact) mass is 351 g/mol. The van der Waals surface area contributed by atoms with Crippen LogP contribution in [-0.4, -0.2) is 22.2 Å². The smallest absolute Gasteiger partial charge is 0.286 e. The number of carbonyl (C=O) groups is 3. The number of thioether (sulfide) groups is 1. The van der Waals surface area contributed by atoms with E-state index in [0.29, 0.717) is 12.0 Å². The van der Waals surface area contributed by atoms with Gasteiger partial charge in [-0.3, -0.25) is 19.7 Å². The van der Waals surface area contributed by atoms with Gasteiger partial charge in [0.2, 0.25) is 5.91 Å². The molecule has 0 aromatic heterocycles. The first-order valence-corrected chi connectivity index (χ1v) is 8.79. The van der Waals surface area contributed by atoms with Crippen molar-refractivity contribution in [2.24, 2.45) is 0 Å². The zero-order valence-electron chi connectivity index (χ0n) is 13.7. The van der Waals surface area contributed by atoms with Crippen LogP contribution in [0.2, 0.25) is 0 Å². The van der Waals surface area contributed by atoms with Gasteiger partial charge in [-0.1, -0.05) is 66.4 Å². The Kier molecular flexibility index (Phi) is 5.14. The van der Waals surface area contributed by atoms with Gasteiger partial charge in [-0.05, 0) is 36.1 Å². The van der Waals surface area contributed by atoms with E-state index in [1.807, 2.05) is 49.4 Å². The van der Waals surface area contributed by atoms with Crippen molar-refractivity contribution in [2.75, 3.05) is 0 Å². The van der Waals surface area contributed by atoms with Gasteiger partial charge in [0, 0.05) is 5.56 Å². The van der Waals surface area contributed by atoms with Crippen molar-refractivity contribution >= 4 is 34.8 Å². The fraction of sp³-hybridized carbons (Fsp3) is 0.150. The molecule has 1 atom stereocenters. The summed E-state index contributed by atoms with van der Waals surface area (Å²) in [4.78, 5) is 35.1. The number of carbonyl (C=O) groups excluding carboxylic acids is 3. The van der Waals surface area contributed by atoms with E-state index in [2.05, 4.69) is 5.32 Å². The Labute approximate surface area is 150 Å². The number of allylic oxidation sites excluding steroid dienone is 1. The fourth-order valence-electron chi connectivity index (χ4n) is 2.58. The zero-order chi connectivity index (χ0) is 17.8. The lowest BCUT2D eigenvalue weighted by atomic mass is 10.0. The fourth-order valence-corrected chi connectivity index (χ4v) is 3.44. The van der Waals surface area contributed by atoms with Crippen LogP contribution >= 0.6 is 11.8 Å². The third-order valence-electron chi connectivity index (χ3n) is 4.03. The van der Waals surface area contributed by atoms with E-state index >= 15 is 0 Å². The molecule has 1 fully saturated rings. The molecule has 0 bridgehead atoms. The first-order valence-electron chi connectivity index (χ1n) is 7.91. The number of aryl methyl sites for hydroxylation is 1. The molecule has 3 rings (SSSR count). The predicted molar refractivity (Wildman–Crippen MR) is 99.6 cm³/mol. The van der Waals surface area contributed by atoms with Gasteiger partial charge in [0.15, 0.2) is 5.78 Å². The van der Waals surface area contributed by atoms with Crippen LogP contribution in [0.1, 0.15) is 27.0 Å². The van der Waals surface area contributed by atoms with E-state index in [0.717, 1.165) is 28.5 Å². The molecule has 5 heteroatoms. The third kappa shape index (κ3) is 4.25. The van der Waals surface area contributed by atoms with Gasteiger partial charge in [-0.15, -0.1) is 0 Å². The molecule has 25 heavy (non-hydrogen) atoms. The number of imide groups is 1. The van der Waals surface area contributed by atoms with Gasteiger partial charge in [0.1, 0.15) is 0 Å². The van der Waals surface area contributed by atoms with Crippen LogP contribution in [0, 0.1) is 6.92 Å². The third-order valence-corrected chi connectivity index (χ3v) is 5.01. The van der Waals surface area contributed by atoms with Gasteiger partial charge in [0.25, 0.3) is 5.24 Å². The van der Waals surface area contributed by atoms with Crippen molar-refractivity contribution in [3.63, 3.8) is 0 Å². The maximum Gasteiger partial charge on any atom is 0.286 e. The van der Waals surface area contributed by atoms with Crippen LogP contribution in [0.5, 0.6) is 0 Å². The highest BCUT2D eigenvalue weighted by molar-refractivity contribution is 8.15. The molecule has 0 aliphatic carbocycles. The van der Waals surface area contributed by atoms with Crippen molar-refractivity contribution in [1.82, 2.24) is 5.32 Å². The van der Waals surface area contributed by atoms with Crippen molar-refractivity contribution in [3.05, 3.63) is 76.9 Å². The van der Waals surface area contributed by atoms with E-state index in [4.69, 9.17) is 0 Å². The van der Waals surface area contributed by atoms with Crippen LogP contribution in [0.25, 0.3) is 6.08 Å². The average Bonchev–Trinajstić information content (AvgIpc) is 2.92. The largest absolute Gasteiger partial charge is 0.289 e. The van der Waals surface area contributed by atoms with E-state index in [-0.39, 0.29) is 16.9 Å². The van der Waals surface area contributed by atoms with Gasteiger partial charge in [0.05, 0.1) is 5.25 Å². The van der Waals surface area contributed by atoms with Crippen molar-refractivity contribution in [3.8, 4) is 0 Å². The molecular formula is C20H17NO3S. The Hall–Kier alpha value is -2.66.